The Morgan fingerprint density at radius 2 is 1.91 bits per heavy atom. The van der Waals surface area contributed by atoms with E-state index in [0.717, 1.165) is 24.8 Å². The van der Waals surface area contributed by atoms with Crippen LogP contribution in [-0.2, 0) is 22.7 Å². The molecule has 1 aliphatic rings. The van der Waals surface area contributed by atoms with Crippen LogP contribution in [0.5, 0.6) is 0 Å². The third-order valence-corrected chi connectivity index (χ3v) is 6.87. The van der Waals surface area contributed by atoms with Crippen LogP contribution in [0.2, 0.25) is 0 Å². The number of carbonyl (C=O) groups excluding carboxylic acids is 2. The van der Waals surface area contributed by atoms with Crippen LogP contribution in [0.15, 0.2) is 35.4 Å². The standard InChI is InChI=1S/C23H27FN6O3S/c1-2-9-25-21(32)16-7-10-29(11-8-16)23-28-20-19(34-23)22(33)30(14-27-20)13-18(31)26-12-15-3-5-17(24)6-4-15/h3-6,14,16H,2,7-13H2,1H3,(H,25,32)(H,26,31). The molecule has 34 heavy (non-hydrogen) atoms. The molecule has 2 amide bonds. The molecule has 0 aliphatic carbocycles. The molecule has 0 bridgehead atoms. The van der Waals surface area contributed by atoms with Crippen LogP contribution in [0.25, 0.3) is 10.3 Å². The average molecular weight is 487 g/mol. The van der Waals surface area contributed by atoms with E-state index in [4.69, 9.17) is 0 Å². The number of nitrogens with one attached hydrogen (secondary N) is 2. The normalized spacial score (nSPS) is 14.4. The Hall–Kier alpha value is -3.34. The van der Waals surface area contributed by atoms with E-state index in [0.29, 0.717) is 35.1 Å². The Balaban J connectivity index is 1.38. The van der Waals surface area contributed by atoms with Crippen molar-refractivity contribution in [2.45, 2.75) is 39.3 Å². The molecule has 0 unspecified atom stereocenters. The lowest BCUT2D eigenvalue weighted by atomic mass is 9.96. The monoisotopic (exact) mass is 486 g/mol. The highest BCUT2D eigenvalue weighted by atomic mass is 32.1. The molecular weight excluding hydrogens is 459 g/mol. The van der Waals surface area contributed by atoms with Crippen LogP contribution in [0.3, 0.4) is 0 Å². The van der Waals surface area contributed by atoms with Crippen LogP contribution < -0.4 is 21.1 Å². The van der Waals surface area contributed by atoms with Gasteiger partial charge in [0.15, 0.2) is 10.8 Å². The average Bonchev–Trinajstić information content (AvgIpc) is 3.29. The van der Waals surface area contributed by atoms with Gasteiger partial charge in [0.2, 0.25) is 11.8 Å². The maximum atomic E-state index is 13.0. The van der Waals surface area contributed by atoms with Gasteiger partial charge >= 0.3 is 0 Å². The topological polar surface area (TPSA) is 109 Å². The summed E-state index contributed by atoms with van der Waals surface area (Å²) in [5.41, 5.74) is 0.796. The Labute approximate surface area is 200 Å². The number of hydrogen-bond donors (Lipinski definition) is 2. The predicted molar refractivity (Wildman–Crippen MR) is 128 cm³/mol. The van der Waals surface area contributed by atoms with Crippen molar-refractivity contribution in [3.05, 3.63) is 52.3 Å². The van der Waals surface area contributed by atoms with Crippen LogP contribution >= 0.6 is 11.3 Å². The fourth-order valence-corrected chi connectivity index (χ4v) is 4.84. The minimum absolute atomic E-state index is 0.000882. The number of thiazole rings is 1. The van der Waals surface area contributed by atoms with E-state index in [1.54, 1.807) is 12.1 Å². The van der Waals surface area contributed by atoms with Gasteiger partial charge in [-0.2, -0.15) is 4.98 Å². The van der Waals surface area contributed by atoms with Crippen LogP contribution in [0.1, 0.15) is 31.7 Å². The van der Waals surface area contributed by atoms with Crippen molar-refractivity contribution in [2.75, 3.05) is 24.5 Å². The Morgan fingerprint density at radius 1 is 1.18 bits per heavy atom. The van der Waals surface area contributed by atoms with Gasteiger partial charge in [-0.25, -0.2) is 9.37 Å². The van der Waals surface area contributed by atoms with Gasteiger partial charge in [-0.05, 0) is 37.0 Å². The molecule has 2 aromatic heterocycles. The SMILES string of the molecule is CCCNC(=O)C1CCN(c2nc3ncn(CC(=O)NCc4ccc(F)cc4)c(=O)c3s2)CC1. The summed E-state index contributed by atoms with van der Waals surface area (Å²) in [6.45, 7) is 4.15. The smallest absolute Gasteiger partial charge is 0.273 e. The maximum Gasteiger partial charge on any atom is 0.273 e. The van der Waals surface area contributed by atoms with E-state index in [-0.39, 0.29) is 42.2 Å². The lowest BCUT2D eigenvalue weighted by molar-refractivity contribution is -0.125. The molecule has 0 spiro atoms. The van der Waals surface area contributed by atoms with Gasteiger partial charge in [0, 0.05) is 32.1 Å². The third-order valence-electron chi connectivity index (χ3n) is 5.77. The number of aromatic nitrogens is 3. The van der Waals surface area contributed by atoms with Crippen molar-refractivity contribution in [3.63, 3.8) is 0 Å². The second-order valence-corrected chi connectivity index (χ2v) is 9.26. The molecule has 4 rings (SSSR count). The summed E-state index contributed by atoms with van der Waals surface area (Å²) in [4.78, 5) is 48.3. The van der Waals surface area contributed by atoms with Crippen molar-refractivity contribution >= 4 is 38.6 Å². The number of carbonyl (C=O) groups is 2. The van der Waals surface area contributed by atoms with Gasteiger partial charge < -0.3 is 15.5 Å². The van der Waals surface area contributed by atoms with Crippen molar-refractivity contribution in [1.82, 2.24) is 25.2 Å². The number of nitrogens with zero attached hydrogens (tertiary/aromatic N) is 4. The molecule has 1 aromatic carbocycles. The van der Waals surface area contributed by atoms with E-state index >= 15 is 0 Å². The highest BCUT2D eigenvalue weighted by Crippen LogP contribution is 2.29. The molecular formula is C23H27FN6O3S. The van der Waals surface area contributed by atoms with E-state index in [1.807, 2.05) is 6.92 Å². The Bertz CT molecular complexity index is 1220. The third kappa shape index (κ3) is 5.58. The molecule has 9 nitrogen and oxygen atoms in total. The molecule has 3 aromatic rings. The Morgan fingerprint density at radius 3 is 2.62 bits per heavy atom. The fraction of sp³-hybridized carbons (Fsp3) is 0.435. The summed E-state index contributed by atoms with van der Waals surface area (Å²) in [5.74, 6) is -0.582. The molecule has 1 fully saturated rings. The molecule has 0 atom stereocenters. The van der Waals surface area contributed by atoms with Gasteiger partial charge in [0.25, 0.3) is 5.56 Å². The van der Waals surface area contributed by atoms with Gasteiger partial charge in [-0.15, -0.1) is 0 Å². The van der Waals surface area contributed by atoms with Crippen molar-refractivity contribution in [3.8, 4) is 0 Å². The first-order valence-corrected chi connectivity index (χ1v) is 12.2. The van der Waals surface area contributed by atoms with Gasteiger partial charge in [0.1, 0.15) is 23.4 Å². The first-order chi connectivity index (χ1) is 16.4. The first kappa shape index (κ1) is 23.8. The van der Waals surface area contributed by atoms with Gasteiger partial charge in [-0.1, -0.05) is 30.4 Å². The Kier molecular flexibility index (Phi) is 7.51. The number of hydrogen-bond acceptors (Lipinski definition) is 7. The van der Waals surface area contributed by atoms with E-state index in [2.05, 4.69) is 25.5 Å². The minimum Gasteiger partial charge on any atom is -0.356 e. The summed E-state index contributed by atoms with van der Waals surface area (Å²) in [6, 6.07) is 5.84. The zero-order valence-electron chi connectivity index (χ0n) is 18.9. The number of amides is 2. The number of benzene rings is 1. The molecule has 0 saturated carbocycles. The zero-order chi connectivity index (χ0) is 24.1. The molecule has 1 aliphatic heterocycles. The number of fused-ring (bicyclic) bond motifs is 1. The van der Waals surface area contributed by atoms with Crippen LogP contribution in [0.4, 0.5) is 9.52 Å². The summed E-state index contributed by atoms with van der Waals surface area (Å²) in [7, 11) is 0. The van der Waals surface area contributed by atoms with Crippen molar-refractivity contribution in [1.29, 1.82) is 0 Å². The van der Waals surface area contributed by atoms with Gasteiger partial charge in [-0.3, -0.25) is 19.0 Å². The highest BCUT2D eigenvalue weighted by Gasteiger charge is 2.26. The lowest BCUT2D eigenvalue weighted by Gasteiger charge is -2.30. The highest BCUT2D eigenvalue weighted by molar-refractivity contribution is 7.22. The first-order valence-electron chi connectivity index (χ1n) is 11.3. The van der Waals surface area contributed by atoms with E-state index in [1.165, 1.54) is 34.4 Å². The summed E-state index contributed by atoms with van der Waals surface area (Å²) >= 11 is 1.26. The quantitative estimate of drug-likeness (QED) is 0.505. The maximum absolute atomic E-state index is 13.0. The number of halogens is 1. The van der Waals surface area contributed by atoms with E-state index in [9.17, 15) is 18.8 Å². The molecule has 3 heterocycles. The van der Waals surface area contributed by atoms with Crippen LogP contribution in [0, 0.1) is 11.7 Å². The largest absolute Gasteiger partial charge is 0.356 e. The van der Waals surface area contributed by atoms with Gasteiger partial charge in [0.05, 0.1) is 0 Å². The number of piperidine rings is 1. The second-order valence-electron chi connectivity index (χ2n) is 8.28. The summed E-state index contributed by atoms with van der Waals surface area (Å²) in [5, 5.41) is 6.38. The minimum atomic E-state index is -0.347. The van der Waals surface area contributed by atoms with Crippen molar-refractivity contribution < 1.29 is 14.0 Å². The predicted octanol–water partition coefficient (Wildman–Crippen LogP) is 2.05. The fourth-order valence-electron chi connectivity index (χ4n) is 3.82. The molecule has 11 heteroatoms. The second kappa shape index (κ2) is 10.7. The van der Waals surface area contributed by atoms with Crippen LogP contribution in [-0.4, -0.2) is 46.0 Å². The molecule has 1 saturated heterocycles. The summed E-state index contributed by atoms with van der Waals surface area (Å²) < 4.78 is 14.7. The summed E-state index contributed by atoms with van der Waals surface area (Å²) in [6.07, 6.45) is 3.71. The molecule has 180 valence electrons. The van der Waals surface area contributed by atoms with Crippen molar-refractivity contribution in [2.24, 2.45) is 5.92 Å². The zero-order valence-corrected chi connectivity index (χ0v) is 19.7. The van der Waals surface area contributed by atoms with E-state index < -0.39 is 0 Å². The number of rotatable bonds is 8. The molecule has 2 N–H and O–H groups in total. The lowest BCUT2D eigenvalue weighted by Crippen LogP contribution is -2.40. The number of anilines is 1. The molecule has 0 radical (unpaired) electrons.